The number of para-hydroxylation sites is 1. The third-order valence-electron chi connectivity index (χ3n) is 4.58. The molecule has 1 N–H and O–H groups in total. The summed E-state index contributed by atoms with van der Waals surface area (Å²) in [4.78, 5) is 26.4. The molecule has 3 rings (SSSR count). The van der Waals surface area contributed by atoms with Crippen LogP contribution in [0.15, 0.2) is 24.3 Å². The number of aliphatic hydroxyl groups excluding tert-OH is 1. The Balaban J connectivity index is 2.03. The minimum atomic E-state index is -0.702. The Morgan fingerprint density at radius 3 is 2.50 bits per heavy atom. The van der Waals surface area contributed by atoms with Crippen LogP contribution in [-0.2, 0) is 9.59 Å². The van der Waals surface area contributed by atoms with Gasteiger partial charge in [-0.3, -0.25) is 9.59 Å². The maximum Gasteiger partial charge on any atom is 0.240 e. The molecule has 1 aromatic rings. The van der Waals surface area contributed by atoms with Crippen LogP contribution in [0.4, 0.5) is 5.69 Å². The van der Waals surface area contributed by atoms with Crippen molar-refractivity contribution in [2.45, 2.75) is 45.1 Å². The molecular weight excluding hydrogens is 254 g/mol. The Kier molecular flexibility index (Phi) is 3.13. The van der Waals surface area contributed by atoms with Crippen molar-refractivity contribution in [3.63, 3.8) is 0 Å². The summed E-state index contributed by atoms with van der Waals surface area (Å²) in [5.41, 5.74) is 0.702. The van der Waals surface area contributed by atoms with Crippen LogP contribution in [0, 0.1) is 5.41 Å². The van der Waals surface area contributed by atoms with Gasteiger partial charge < -0.3 is 5.11 Å². The maximum atomic E-state index is 12.7. The molecule has 106 valence electrons. The van der Waals surface area contributed by atoms with Crippen LogP contribution in [-0.4, -0.2) is 16.9 Å². The molecule has 0 bridgehead atoms. The first-order valence-electron chi connectivity index (χ1n) is 7.19. The average Bonchev–Trinajstić information content (AvgIpc) is 2.97. The first-order valence-corrected chi connectivity index (χ1v) is 7.19. The maximum absolute atomic E-state index is 12.7. The first-order chi connectivity index (χ1) is 9.55. The zero-order valence-corrected chi connectivity index (χ0v) is 11.6. The van der Waals surface area contributed by atoms with Crippen LogP contribution in [0.3, 0.4) is 0 Å². The molecule has 0 radical (unpaired) electrons. The fourth-order valence-electron chi connectivity index (χ4n) is 3.53. The Hall–Kier alpha value is -1.68. The molecule has 1 saturated carbocycles. The molecule has 1 unspecified atom stereocenters. The van der Waals surface area contributed by atoms with Gasteiger partial charge in [-0.05, 0) is 25.8 Å². The number of anilines is 1. The van der Waals surface area contributed by atoms with E-state index in [1.54, 1.807) is 25.1 Å². The van der Waals surface area contributed by atoms with Gasteiger partial charge in [-0.15, -0.1) is 0 Å². The molecule has 1 aliphatic heterocycles. The molecule has 20 heavy (non-hydrogen) atoms. The number of amides is 2. The van der Waals surface area contributed by atoms with E-state index in [2.05, 4.69) is 0 Å². The lowest BCUT2D eigenvalue weighted by Gasteiger charge is -2.23. The van der Waals surface area contributed by atoms with Gasteiger partial charge in [0.2, 0.25) is 11.8 Å². The van der Waals surface area contributed by atoms with E-state index in [1.807, 2.05) is 6.07 Å². The fourth-order valence-corrected chi connectivity index (χ4v) is 3.53. The van der Waals surface area contributed by atoms with Crippen molar-refractivity contribution in [2.75, 3.05) is 4.90 Å². The van der Waals surface area contributed by atoms with E-state index >= 15 is 0 Å². The SMILES string of the molecule is CC(O)c1ccccc1N1C(=O)CC2(CCCC2)C1=O. The Morgan fingerprint density at radius 1 is 1.20 bits per heavy atom. The molecular formula is C16H19NO3. The minimum Gasteiger partial charge on any atom is -0.389 e. The van der Waals surface area contributed by atoms with Gasteiger partial charge in [-0.1, -0.05) is 31.0 Å². The Labute approximate surface area is 118 Å². The van der Waals surface area contributed by atoms with Crippen LogP contribution >= 0.6 is 0 Å². The van der Waals surface area contributed by atoms with Gasteiger partial charge in [-0.2, -0.15) is 0 Å². The number of carbonyl (C=O) groups is 2. The topological polar surface area (TPSA) is 57.6 Å². The highest BCUT2D eigenvalue weighted by Gasteiger charge is 2.53. The van der Waals surface area contributed by atoms with E-state index in [0.29, 0.717) is 17.7 Å². The summed E-state index contributed by atoms with van der Waals surface area (Å²) in [6, 6.07) is 7.11. The van der Waals surface area contributed by atoms with Crippen LogP contribution in [0.25, 0.3) is 0 Å². The number of nitrogens with zero attached hydrogens (tertiary/aromatic N) is 1. The quantitative estimate of drug-likeness (QED) is 0.842. The van der Waals surface area contributed by atoms with Gasteiger partial charge in [0, 0.05) is 12.0 Å². The van der Waals surface area contributed by atoms with E-state index in [9.17, 15) is 14.7 Å². The normalized spacial score (nSPS) is 22.8. The standard InChI is InChI=1S/C16H19NO3/c1-11(18)12-6-2-3-7-13(12)17-14(19)10-16(15(17)20)8-4-5-9-16/h2-3,6-7,11,18H,4-5,8-10H2,1H3. The largest absolute Gasteiger partial charge is 0.389 e. The predicted octanol–water partition coefficient (Wildman–Crippen LogP) is 2.56. The summed E-state index contributed by atoms with van der Waals surface area (Å²) in [5.74, 6) is -0.210. The Bertz CT molecular complexity index is 559. The number of rotatable bonds is 2. The van der Waals surface area contributed by atoms with Crippen LogP contribution < -0.4 is 4.90 Å². The molecule has 2 aliphatic rings. The lowest BCUT2D eigenvalue weighted by molar-refractivity contribution is -0.125. The first kappa shape index (κ1) is 13.3. The number of imide groups is 1. The lowest BCUT2D eigenvalue weighted by atomic mass is 9.84. The summed E-state index contributed by atoms with van der Waals surface area (Å²) in [6.07, 6.45) is 3.28. The highest BCUT2D eigenvalue weighted by Crippen LogP contribution is 2.48. The zero-order valence-electron chi connectivity index (χ0n) is 11.6. The molecule has 0 aromatic heterocycles. The van der Waals surface area contributed by atoms with Crippen molar-refractivity contribution in [1.82, 2.24) is 0 Å². The number of benzene rings is 1. The van der Waals surface area contributed by atoms with Crippen molar-refractivity contribution < 1.29 is 14.7 Å². The van der Waals surface area contributed by atoms with Crippen molar-refractivity contribution in [1.29, 1.82) is 0 Å². The van der Waals surface area contributed by atoms with Crippen molar-refractivity contribution in [3.8, 4) is 0 Å². The smallest absolute Gasteiger partial charge is 0.240 e. The highest BCUT2D eigenvalue weighted by molar-refractivity contribution is 6.23. The Morgan fingerprint density at radius 2 is 1.85 bits per heavy atom. The third-order valence-corrected chi connectivity index (χ3v) is 4.58. The second kappa shape index (κ2) is 4.70. The van der Waals surface area contributed by atoms with Gasteiger partial charge in [0.25, 0.3) is 0 Å². The number of hydrogen-bond acceptors (Lipinski definition) is 3. The molecule has 1 aromatic carbocycles. The molecule has 4 nitrogen and oxygen atoms in total. The van der Waals surface area contributed by atoms with Gasteiger partial charge in [0.05, 0.1) is 17.2 Å². The summed E-state index contributed by atoms with van der Waals surface area (Å²) in [5, 5.41) is 9.84. The van der Waals surface area contributed by atoms with Crippen molar-refractivity contribution in [2.24, 2.45) is 5.41 Å². The average molecular weight is 273 g/mol. The van der Waals surface area contributed by atoms with E-state index in [1.165, 1.54) is 4.90 Å². The highest BCUT2D eigenvalue weighted by atomic mass is 16.3. The van der Waals surface area contributed by atoms with Gasteiger partial charge >= 0.3 is 0 Å². The zero-order chi connectivity index (χ0) is 14.3. The number of aliphatic hydroxyl groups is 1. The van der Waals surface area contributed by atoms with E-state index < -0.39 is 11.5 Å². The molecule has 1 atom stereocenters. The third kappa shape index (κ3) is 1.86. The van der Waals surface area contributed by atoms with Crippen molar-refractivity contribution in [3.05, 3.63) is 29.8 Å². The molecule has 2 fully saturated rings. The number of carbonyl (C=O) groups excluding carboxylic acids is 2. The second-order valence-corrected chi connectivity index (χ2v) is 5.93. The summed E-state index contributed by atoms with van der Waals surface area (Å²) >= 11 is 0. The lowest BCUT2D eigenvalue weighted by Crippen LogP contribution is -2.35. The van der Waals surface area contributed by atoms with E-state index in [0.717, 1.165) is 25.7 Å². The van der Waals surface area contributed by atoms with Gasteiger partial charge in [0.15, 0.2) is 0 Å². The molecule has 1 aliphatic carbocycles. The summed E-state index contributed by atoms with van der Waals surface area (Å²) in [7, 11) is 0. The molecule has 4 heteroatoms. The monoisotopic (exact) mass is 273 g/mol. The molecule has 1 saturated heterocycles. The van der Waals surface area contributed by atoms with Crippen molar-refractivity contribution >= 4 is 17.5 Å². The number of hydrogen-bond donors (Lipinski definition) is 1. The van der Waals surface area contributed by atoms with Gasteiger partial charge in [-0.25, -0.2) is 4.90 Å². The minimum absolute atomic E-state index is 0.0758. The van der Waals surface area contributed by atoms with Crippen LogP contribution in [0.2, 0.25) is 0 Å². The van der Waals surface area contributed by atoms with Crippen LogP contribution in [0.1, 0.15) is 50.7 Å². The molecule has 1 heterocycles. The summed E-state index contributed by atoms with van der Waals surface area (Å²) in [6.45, 7) is 1.65. The van der Waals surface area contributed by atoms with Gasteiger partial charge in [0.1, 0.15) is 0 Å². The predicted molar refractivity (Wildman–Crippen MR) is 75.1 cm³/mol. The second-order valence-electron chi connectivity index (χ2n) is 5.93. The molecule has 1 spiro atoms. The fraction of sp³-hybridized carbons (Fsp3) is 0.500. The molecule has 2 amide bonds. The van der Waals surface area contributed by atoms with E-state index in [4.69, 9.17) is 0 Å². The van der Waals surface area contributed by atoms with Crippen LogP contribution in [0.5, 0.6) is 0 Å². The summed E-state index contributed by atoms with van der Waals surface area (Å²) < 4.78 is 0. The van der Waals surface area contributed by atoms with E-state index in [-0.39, 0.29) is 11.8 Å².